The van der Waals surface area contributed by atoms with Crippen LogP contribution in [0.3, 0.4) is 0 Å². The lowest BCUT2D eigenvalue weighted by Gasteiger charge is -2.10. The van der Waals surface area contributed by atoms with Gasteiger partial charge in [-0.25, -0.2) is 9.79 Å². The molecule has 0 N–H and O–H groups in total. The van der Waals surface area contributed by atoms with Crippen LogP contribution in [0.1, 0.15) is 6.92 Å². The minimum atomic E-state index is -0.502. The summed E-state index contributed by atoms with van der Waals surface area (Å²) >= 11 is 5.57. The maximum absolute atomic E-state index is 11.6. The summed E-state index contributed by atoms with van der Waals surface area (Å²) in [5, 5.41) is 0. The van der Waals surface area contributed by atoms with Crippen LogP contribution in [0.15, 0.2) is 29.3 Å². The number of rotatable bonds is 2. The lowest BCUT2D eigenvalue weighted by atomic mass is 10.3. The van der Waals surface area contributed by atoms with Crippen LogP contribution in [0.5, 0.6) is 0 Å². The molecule has 1 aromatic carbocycles. The van der Waals surface area contributed by atoms with E-state index in [2.05, 4.69) is 4.99 Å². The first-order valence-electron chi connectivity index (χ1n) is 4.75. The van der Waals surface area contributed by atoms with E-state index in [9.17, 15) is 4.79 Å². The number of ether oxygens (including phenoxy) is 1. The van der Waals surface area contributed by atoms with Crippen molar-refractivity contribution in [3.05, 3.63) is 27.8 Å². The largest absolute Gasteiger partial charge is 0.461 e. The van der Waals surface area contributed by atoms with Crippen molar-refractivity contribution < 1.29 is 9.53 Å². The molecule has 0 saturated heterocycles. The zero-order valence-corrected chi connectivity index (χ0v) is 11.4. The molecule has 0 aliphatic carbocycles. The summed E-state index contributed by atoms with van der Waals surface area (Å²) in [6.45, 7) is 2.10. The molecule has 0 fully saturated rings. The zero-order chi connectivity index (χ0) is 11.5. The standard InChI is InChI=1S/C11H9ClINO2/c1-2-16-11(15)9-10(12)13-7-5-3-4-6-8(7)14-9/h3-6H,2H2,1H3. The van der Waals surface area contributed by atoms with Crippen LogP contribution in [-0.2, 0) is 9.53 Å². The number of para-hydroxylation sites is 1. The maximum Gasteiger partial charge on any atom is 0.358 e. The molecule has 0 aromatic heterocycles. The Bertz CT molecular complexity index is 497. The number of hydrogen-bond acceptors (Lipinski definition) is 3. The topological polar surface area (TPSA) is 38.7 Å². The van der Waals surface area contributed by atoms with Crippen molar-refractivity contribution in [2.45, 2.75) is 6.92 Å². The predicted molar refractivity (Wildman–Crippen MR) is 73.7 cm³/mol. The Morgan fingerprint density at radius 3 is 3.00 bits per heavy atom. The minimum Gasteiger partial charge on any atom is -0.461 e. The molecule has 2 rings (SSSR count). The summed E-state index contributed by atoms with van der Waals surface area (Å²) in [5.41, 5.74) is 1.11. The van der Waals surface area contributed by atoms with Gasteiger partial charge in [-0.1, -0.05) is 44.5 Å². The highest BCUT2D eigenvalue weighted by Crippen LogP contribution is 2.31. The van der Waals surface area contributed by atoms with Gasteiger partial charge in [0, 0.05) is 3.57 Å². The number of nitrogens with zero attached hydrogens (tertiary/aromatic N) is 1. The Labute approximate surface area is 108 Å². The van der Waals surface area contributed by atoms with Crippen LogP contribution in [0.2, 0.25) is 0 Å². The number of halogens is 2. The van der Waals surface area contributed by atoms with Gasteiger partial charge in [0.05, 0.1) is 12.3 Å². The second-order valence-corrected chi connectivity index (χ2v) is 6.78. The molecular weight excluding hydrogens is 340 g/mol. The normalized spacial score (nSPS) is 14.1. The third kappa shape index (κ3) is 2.32. The number of benzene rings is 1. The van der Waals surface area contributed by atoms with Gasteiger partial charge in [0.2, 0.25) is 0 Å². The smallest absolute Gasteiger partial charge is 0.358 e. The Kier molecular flexibility index (Phi) is 3.70. The van der Waals surface area contributed by atoms with E-state index in [0.29, 0.717) is 9.57 Å². The molecule has 3 nitrogen and oxygen atoms in total. The fraction of sp³-hybridized carbons (Fsp3) is 0.182. The van der Waals surface area contributed by atoms with Gasteiger partial charge in [-0.3, -0.25) is 0 Å². The van der Waals surface area contributed by atoms with Gasteiger partial charge in [0.25, 0.3) is 0 Å². The quantitative estimate of drug-likeness (QED) is 0.608. The second kappa shape index (κ2) is 5.05. The summed E-state index contributed by atoms with van der Waals surface area (Å²) in [4.78, 5) is 15.8. The first-order valence-corrected chi connectivity index (χ1v) is 7.28. The Balaban J connectivity index is 2.40. The summed E-state index contributed by atoms with van der Waals surface area (Å²) in [5.74, 6) is -0.429. The van der Waals surface area contributed by atoms with Gasteiger partial charge < -0.3 is 4.74 Å². The molecule has 0 amide bonds. The molecule has 84 valence electrons. The number of hydrogen-bond donors (Lipinski definition) is 0. The van der Waals surface area contributed by atoms with Gasteiger partial charge in [0.1, 0.15) is 2.97 Å². The number of esters is 1. The molecule has 0 atom stereocenters. The lowest BCUT2D eigenvalue weighted by molar-refractivity contribution is -0.134. The average Bonchev–Trinajstić information content (AvgIpc) is 2.28. The second-order valence-electron chi connectivity index (χ2n) is 2.99. The van der Waals surface area contributed by atoms with Gasteiger partial charge in [-0.2, -0.15) is 0 Å². The van der Waals surface area contributed by atoms with Gasteiger partial charge in [-0.05, 0) is 19.1 Å². The summed E-state index contributed by atoms with van der Waals surface area (Å²) in [6.07, 6.45) is 0. The SMILES string of the molecule is CCOC(=O)C1=Nc2ccccc2I=C1Cl. The lowest BCUT2D eigenvalue weighted by Crippen LogP contribution is -2.23. The molecule has 0 saturated carbocycles. The van der Waals surface area contributed by atoms with Crippen molar-refractivity contribution in [2.75, 3.05) is 6.61 Å². The van der Waals surface area contributed by atoms with Crippen molar-refractivity contribution in [3.8, 4) is 0 Å². The third-order valence-corrected chi connectivity index (χ3v) is 5.05. The monoisotopic (exact) mass is 349 g/mol. The van der Waals surface area contributed by atoms with Crippen molar-refractivity contribution >= 4 is 52.7 Å². The predicted octanol–water partition coefficient (Wildman–Crippen LogP) is 2.84. The molecule has 0 spiro atoms. The molecule has 1 aromatic rings. The average molecular weight is 350 g/mol. The molecule has 5 heteroatoms. The molecule has 0 radical (unpaired) electrons. The number of aliphatic imine (C=N–C) groups is 1. The summed E-state index contributed by atoms with van der Waals surface area (Å²) < 4.78 is 6.60. The molecular formula is C11H9ClINO2. The fourth-order valence-corrected chi connectivity index (χ4v) is 3.95. The molecule has 1 aliphatic heterocycles. The number of carbonyl (C=O) groups excluding carboxylic acids is 1. The van der Waals surface area contributed by atoms with Crippen molar-refractivity contribution in [1.82, 2.24) is 0 Å². The van der Waals surface area contributed by atoms with Crippen molar-refractivity contribution in [2.24, 2.45) is 4.99 Å². The molecule has 1 heterocycles. The van der Waals surface area contributed by atoms with Crippen molar-refractivity contribution in [1.29, 1.82) is 0 Å². The van der Waals surface area contributed by atoms with E-state index in [4.69, 9.17) is 16.3 Å². The van der Waals surface area contributed by atoms with Crippen LogP contribution in [-0.4, -0.2) is 21.3 Å². The van der Waals surface area contributed by atoms with E-state index in [-0.39, 0.29) is 5.71 Å². The number of fused-ring (bicyclic) bond motifs is 1. The zero-order valence-electron chi connectivity index (χ0n) is 8.54. The van der Waals surface area contributed by atoms with Crippen LogP contribution in [0.25, 0.3) is 0 Å². The summed E-state index contributed by atoms with van der Waals surface area (Å²) in [7, 11) is 0. The van der Waals surface area contributed by atoms with E-state index in [1.54, 1.807) is 6.92 Å². The van der Waals surface area contributed by atoms with E-state index in [0.717, 1.165) is 9.26 Å². The van der Waals surface area contributed by atoms with Gasteiger partial charge in [-0.15, -0.1) is 0 Å². The third-order valence-electron chi connectivity index (χ3n) is 1.92. The first kappa shape index (κ1) is 11.7. The highest BCUT2D eigenvalue weighted by atomic mass is 127. The minimum absolute atomic E-state index is 0.273. The van der Waals surface area contributed by atoms with Crippen LogP contribution < -0.4 is 0 Å². The summed E-state index contributed by atoms with van der Waals surface area (Å²) in [6, 6.07) is 7.73. The van der Waals surface area contributed by atoms with Crippen LogP contribution in [0.4, 0.5) is 5.69 Å². The fourth-order valence-electron chi connectivity index (χ4n) is 1.24. The molecule has 16 heavy (non-hydrogen) atoms. The first-order chi connectivity index (χ1) is 7.72. The van der Waals surface area contributed by atoms with E-state index in [1.165, 1.54) is 0 Å². The van der Waals surface area contributed by atoms with Gasteiger partial charge in [0.15, 0.2) is 5.71 Å². The van der Waals surface area contributed by atoms with Gasteiger partial charge >= 0.3 is 5.97 Å². The van der Waals surface area contributed by atoms with E-state index >= 15 is 0 Å². The van der Waals surface area contributed by atoms with E-state index in [1.807, 2.05) is 24.3 Å². The Morgan fingerprint density at radius 1 is 1.50 bits per heavy atom. The van der Waals surface area contributed by atoms with Crippen LogP contribution in [0, 0.1) is 3.57 Å². The van der Waals surface area contributed by atoms with Crippen LogP contribution >= 0.6 is 32.3 Å². The molecule has 1 aliphatic rings. The van der Waals surface area contributed by atoms with Crippen molar-refractivity contribution in [3.63, 3.8) is 0 Å². The number of carbonyl (C=O) groups is 1. The Morgan fingerprint density at radius 2 is 2.25 bits per heavy atom. The van der Waals surface area contributed by atoms with E-state index < -0.39 is 26.7 Å². The highest BCUT2D eigenvalue weighted by molar-refractivity contribution is 14.2. The Hall–Kier alpha value is -0.750. The maximum atomic E-state index is 11.6. The highest BCUT2D eigenvalue weighted by Gasteiger charge is 2.21. The molecule has 0 bridgehead atoms. The molecule has 0 unspecified atom stereocenters.